The van der Waals surface area contributed by atoms with E-state index in [1.165, 1.54) is 19.3 Å². The Kier molecular flexibility index (Phi) is 7.04. The lowest BCUT2D eigenvalue weighted by Gasteiger charge is -2.32. The lowest BCUT2D eigenvalue weighted by atomic mass is 10.00. The third-order valence-electron chi connectivity index (χ3n) is 3.44. The number of hydrogen-bond donors (Lipinski definition) is 2. The molecular weight excluding hydrogens is 220 g/mol. The average molecular weight is 246 g/mol. The van der Waals surface area contributed by atoms with E-state index in [1.54, 1.807) is 0 Å². The molecule has 1 aliphatic rings. The molecule has 102 valence electrons. The second kappa shape index (κ2) is 8.03. The maximum Gasteiger partial charge on any atom is 0.110 e. The van der Waals surface area contributed by atoms with Crippen LogP contribution >= 0.6 is 0 Å². The summed E-state index contributed by atoms with van der Waals surface area (Å²) < 4.78 is 10.9. The van der Waals surface area contributed by atoms with E-state index in [1.807, 2.05) is 0 Å². The summed E-state index contributed by atoms with van der Waals surface area (Å²) in [4.78, 5) is 0. The van der Waals surface area contributed by atoms with E-state index >= 15 is 0 Å². The summed E-state index contributed by atoms with van der Waals surface area (Å²) in [5, 5.41) is 19.2. The van der Waals surface area contributed by atoms with Gasteiger partial charge in [-0.2, -0.15) is 0 Å². The first-order chi connectivity index (χ1) is 8.19. The lowest BCUT2D eigenvalue weighted by molar-refractivity contribution is -0.173. The second-order valence-electron chi connectivity index (χ2n) is 4.88. The Bertz CT molecular complexity index is 198. The van der Waals surface area contributed by atoms with E-state index in [2.05, 4.69) is 13.8 Å². The molecule has 0 saturated carbocycles. The fraction of sp³-hybridized carbons (Fsp3) is 1.00. The Morgan fingerprint density at radius 3 is 2.71 bits per heavy atom. The summed E-state index contributed by atoms with van der Waals surface area (Å²) in [5.41, 5.74) is 0. The minimum Gasteiger partial charge on any atom is -0.388 e. The van der Waals surface area contributed by atoms with E-state index in [0.29, 0.717) is 19.1 Å². The second-order valence-corrected chi connectivity index (χ2v) is 4.88. The molecule has 2 N–H and O–H groups in total. The highest BCUT2D eigenvalue weighted by molar-refractivity contribution is 4.80. The van der Waals surface area contributed by atoms with Gasteiger partial charge in [-0.25, -0.2) is 0 Å². The predicted octanol–water partition coefficient (Wildman–Crippen LogP) is 1.34. The van der Waals surface area contributed by atoms with Gasteiger partial charge in [-0.15, -0.1) is 0 Å². The van der Waals surface area contributed by atoms with Gasteiger partial charge in [0.25, 0.3) is 0 Å². The van der Waals surface area contributed by atoms with E-state index in [9.17, 15) is 10.2 Å². The van der Waals surface area contributed by atoms with Crippen molar-refractivity contribution in [3.8, 4) is 0 Å². The summed E-state index contributed by atoms with van der Waals surface area (Å²) in [5.74, 6) is 0.543. The highest BCUT2D eigenvalue weighted by atomic mass is 16.6. The molecule has 4 atom stereocenters. The molecule has 1 fully saturated rings. The number of unbranched alkanes of at least 4 members (excludes halogenated alkanes) is 1. The van der Waals surface area contributed by atoms with Gasteiger partial charge in [0, 0.05) is 0 Å². The molecule has 0 amide bonds. The van der Waals surface area contributed by atoms with Crippen molar-refractivity contribution in [2.24, 2.45) is 5.92 Å². The van der Waals surface area contributed by atoms with Crippen molar-refractivity contribution in [3.63, 3.8) is 0 Å². The van der Waals surface area contributed by atoms with Crippen LogP contribution in [-0.2, 0) is 9.47 Å². The predicted molar refractivity (Wildman–Crippen MR) is 65.9 cm³/mol. The first kappa shape index (κ1) is 14.9. The van der Waals surface area contributed by atoms with Crippen LogP contribution in [0, 0.1) is 5.92 Å². The Balaban J connectivity index is 2.27. The van der Waals surface area contributed by atoms with Gasteiger partial charge in [-0.1, -0.05) is 33.1 Å². The molecule has 0 aromatic heterocycles. The minimum absolute atomic E-state index is 0.202. The Morgan fingerprint density at radius 2 is 2.06 bits per heavy atom. The number of rotatable bonds is 7. The Morgan fingerprint density at radius 1 is 1.29 bits per heavy atom. The zero-order valence-corrected chi connectivity index (χ0v) is 11.0. The number of hydrogen-bond acceptors (Lipinski definition) is 4. The molecule has 4 heteroatoms. The monoisotopic (exact) mass is 246 g/mol. The van der Waals surface area contributed by atoms with Gasteiger partial charge in [0.15, 0.2) is 0 Å². The lowest BCUT2D eigenvalue weighted by Crippen LogP contribution is -2.49. The number of aliphatic hydroxyl groups excluding tert-OH is 2. The van der Waals surface area contributed by atoms with Crippen LogP contribution in [0.5, 0.6) is 0 Å². The van der Waals surface area contributed by atoms with Crippen LogP contribution in [0.4, 0.5) is 0 Å². The molecule has 4 nitrogen and oxygen atoms in total. The quantitative estimate of drug-likeness (QED) is 0.711. The van der Waals surface area contributed by atoms with E-state index in [0.717, 1.165) is 6.42 Å². The fourth-order valence-corrected chi connectivity index (χ4v) is 2.05. The van der Waals surface area contributed by atoms with Crippen LogP contribution in [-0.4, -0.2) is 48.3 Å². The van der Waals surface area contributed by atoms with Crippen molar-refractivity contribution < 1.29 is 19.7 Å². The van der Waals surface area contributed by atoms with Crippen LogP contribution in [0.2, 0.25) is 0 Å². The van der Waals surface area contributed by atoms with Gasteiger partial charge >= 0.3 is 0 Å². The third-order valence-corrected chi connectivity index (χ3v) is 3.44. The molecule has 0 aliphatic carbocycles. The number of ether oxygens (including phenoxy) is 2. The molecule has 0 aromatic rings. The summed E-state index contributed by atoms with van der Waals surface area (Å²) in [6.07, 6.45) is 2.66. The van der Waals surface area contributed by atoms with E-state index < -0.39 is 12.2 Å². The van der Waals surface area contributed by atoms with Crippen molar-refractivity contribution in [2.45, 2.75) is 57.8 Å². The maximum atomic E-state index is 9.74. The summed E-state index contributed by atoms with van der Waals surface area (Å²) in [6.45, 7) is 5.57. The third kappa shape index (κ3) is 4.92. The molecule has 1 aliphatic heterocycles. The highest BCUT2D eigenvalue weighted by Crippen LogP contribution is 2.17. The SMILES string of the molecule is CCCCC(CC)CO[C@@H]1COC[C@@H](O)[C@@H]1O. The van der Waals surface area contributed by atoms with Crippen molar-refractivity contribution in [3.05, 3.63) is 0 Å². The molecular formula is C13H26O4. The van der Waals surface area contributed by atoms with Crippen molar-refractivity contribution in [2.75, 3.05) is 19.8 Å². The molecule has 0 spiro atoms. The van der Waals surface area contributed by atoms with Gasteiger partial charge in [-0.05, 0) is 12.3 Å². The Labute approximate surface area is 104 Å². The summed E-state index contributed by atoms with van der Waals surface area (Å²) in [6, 6.07) is 0. The smallest absolute Gasteiger partial charge is 0.110 e. The number of aliphatic hydroxyl groups is 2. The van der Waals surface area contributed by atoms with Gasteiger partial charge in [0.05, 0.1) is 19.8 Å². The molecule has 0 bridgehead atoms. The van der Waals surface area contributed by atoms with Crippen LogP contribution in [0.15, 0.2) is 0 Å². The standard InChI is InChI=1S/C13H26O4/c1-3-5-6-10(4-2)7-17-12-9-16-8-11(14)13(12)15/h10-15H,3-9H2,1-2H3/t10?,11-,12-,13+/m1/s1. The molecule has 1 unspecified atom stereocenters. The molecule has 17 heavy (non-hydrogen) atoms. The average Bonchev–Trinajstić information content (AvgIpc) is 2.34. The normalized spacial score (nSPS) is 31.4. The largest absolute Gasteiger partial charge is 0.388 e. The van der Waals surface area contributed by atoms with Crippen molar-refractivity contribution in [1.29, 1.82) is 0 Å². The topological polar surface area (TPSA) is 58.9 Å². The highest BCUT2D eigenvalue weighted by Gasteiger charge is 2.32. The Hall–Kier alpha value is -0.160. The molecule has 1 heterocycles. The van der Waals surface area contributed by atoms with Crippen LogP contribution in [0.25, 0.3) is 0 Å². The van der Waals surface area contributed by atoms with Crippen molar-refractivity contribution >= 4 is 0 Å². The van der Waals surface area contributed by atoms with Crippen LogP contribution in [0.3, 0.4) is 0 Å². The summed E-state index contributed by atoms with van der Waals surface area (Å²) >= 11 is 0. The van der Waals surface area contributed by atoms with Crippen LogP contribution < -0.4 is 0 Å². The van der Waals surface area contributed by atoms with Crippen LogP contribution in [0.1, 0.15) is 39.5 Å². The summed E-state index contributed by atoms with van der Waals surface area (Å²) in [7, 11) is 0. The zero-order chi connectivity index (χ0) is 12.7. The zero-order valence-electron chi connectivity index (χ0n) is 11.0. The van der Waals surface area contributed by atoms with Crippen molar-refractivity contribution in [1.82, 2.24) is 0 Å². The molecule has 0 radical (unpaired) electrons. The molecule has 1 rings (SSSR count). The van der Waals surface area contributed by atoms with Gasteiger partial charge in [0.2, 0.25) is 0 Å². The first-order valence-electron chi connectivity index (χ1n) is 6.74. The maximum absolute atomic E-state index is 9.74. The van der Waals surface area contributed by atoms with Gasteiger partial charge in [0.1, 0.15) is 18.3 Å². The first-order valence-corrected chi connectivity index (χ1v) is 6.74. The molecule has 0 aromatic carbocycles. The van der Waals surface area contributed by atoms with Gasteiger partial charge in [-0.3, -0.25) is 0 Å². The van der Waals surface area contributed by atoms with E-state index in [4.69, 9.17) is 9.47 Å². The van der Waals surface area contributed by atoms with E-state index in [-0.39, 0.29) is 12.7 Å². The fourth-order valence-electron chi connectivity index (χ4n) is 2.05. The minimum atomic E-state index is -0.815. The van der Waals surface area contributed by atoms with Gasteiger partial charge < -0.3 is 19.7 Å². The molecule has 1 saturated heterocycles.